The van der Waals surface area contributed by atoms with Crippen molar-refractivity contribution < 1.29 is 0 Å². The number of nitrogens with zero attached hydrogens (tertiary/aromatic N) is 1. The Morgan fingerprint density at radius 3 is 2.53 bits per heavy atom. The minimum absolute atomic E-state index is 0.126. The second-order valence-corrected chi connectivity index (χ2v) is 4.98. The fraction of sp³-hybridized carbons (Fsp3) is 0.500. The van der Waals surface area contributed by atoms with Crippen molar-refractivity contribution in [2.75, 3.05) is 0 Å². The van der Waals surface area contributed by atoms with Gasteiger partial charge in [0.2, 0.25) is 0 Å². The molecule has 0 radical (unpaired) electrons. The van der Waals surface area contributed by atoms with Crippen molar-refractivity contribution in [3.63, 3.8) is 0 Å². The molecule has 0 saturated heterocycles. The standard InChI is InChI=1S/C10H11Cl3N2/c11-6-4-15-10(13)8(12)7(6)9(14)5-2-1-3-5/h4-5,9H,1-3,14H2/t9-/m0/s1. The third-order valence-electron chi connectivity index (χ3n) is 2.96. The van der Waals surface area contributed by atoms with E-state index in [-0.39, 0.29) is 11.2 Å². The van der Waals surface area contributed by atoms with Crippen LogP contribution in [0, 0.1) is 5.92 Å². The molecule has 5 heteroatoms. The van der Waals surface area contributed by atoms with E-state index in [1.807, 2.05) is 0 Å². The molecule has 0 aliphatic heterocycles. The lowest BCUT2D eigenvalue weighted by molar-refractivity contribution is 0.264. The Hall–Kier alpha value is -0.0200. The topological polar surface area (TPSA) is 38.9 Å². The summed E-state index contributed by atoms with van der Waals surface area (Å²) in [5, 5.41) is 1.17. The minimum atomic E-state index is -0.126. The summed E-state index contributed by atoms with van der Waals surface area (Å²) in [7, 11) is 0. The summed E-state index contributed by atoms with van der Waals surface area (Å²) in [5.74, 6) is 0.471. The molecule has 1 atom stereocenters. The van der Waals surface area contributed by atoms with Crippen molar-refractivity contribution in [1.29, 1.82) is 0 Å². The maximum Gasteiger partial charge on any atom is 0.148 e. The van der Waals surface area contributed by atoms with E-state index in [0.29, 0.717) is 16.0 Å². The number of halogens is 3. The minimum Gasteiger partial charge on any atom is -0.324 e. The highest BCUT2D eigenvalue weighted by Crippen LogP contribution is 2.42. The van der Waals surface area contributed by atoms with E-state index < -0.39 is 0 Å². The lowest BCUT2D eigenvalue weighted by Crippen LogP contribution is -2.27. The van der Waals surface area contributed by atoms with Crippen LogP contribution in [0.5, 0.6) is 0 Å². The number of rotatable bonds is 2. The number of nitrogens with two attached hydrogens (primary N) is 1. The van der Waals surface area contributed by atoms with E-state index in [2.05, 4.69) is 4.98 Å². The maximum absolute atomic E-state index is 6.12. The highest BCUT2D eigenvalue weighted by molar-refractivity contribution is 6.43. The summed E-state index contributed by atoms with van der Waals surface area (Å²) in [4.78, 5) is 3.87. The van der Waals surface area contributed by atoms with Crippen LogP contribution in [0.1, 0.15) is 30.9 Å². The average Bonchev–Trinajstić information content (AvgIpc) is 2.09. The number of pyridine rings is 1. The van der Waals surface area contributed by atoms with Gasteiger partial charge in [0, 0.05) is 17.8 Å². The fourth-order valence-corrected chi connectivity index (χ4v) is 2.54. The number of hydrogen-bond donors (Lipinski definition) is 1. The number of aromatic nitrogens is 1. The number of hydrogen-bond acceptors (Lipinski definition) is 2. The van der Waals surface area contributed by atoms with Gasteiger partial charge in [0.1, 0.15) is 5.15 Å². The van der Waals surface area contributed by atoms with Crippen LogP contribution in [0.4, 0.5) is 0 Å². The molecule has 1 aromatic heterocycles. The van der Waals surface area contributed by atoms with Gasteiger partial charge in [-0.1, -0.05) is 41.2 Å². The van der Waals surface area contributed by atoms with Crippen molar-refractivity contribution in [2.24, 2.45) is 11.7 Å². The highest BCUT2D eigenvalue weighted by atomic mass is 35.5. The molecule has 15 heavy (non-hydrogen) atoms. The second-order valence-electron chi connectivity index (χ2n) is 3.84. The molecule has 2 nitrogen and oxygen atoms in total. The van der Waals surface area contributed by atoms with E-state index in [1.54, 1.807) is 0 Å². The van der Waals surface area contributed by atoms with Gasteiger partial charge in [0.05, 0.1) is 10.0 Å². The molecule has 2 rings (SSSR count). The lowest BCUT2D eigenvalue weighted by Gasteiger charge is -2.32. The van der Waals surface area contributed by atoms with Gasteiger partial charge in [-0.2, -0.15) is 0 Å². The van der Waals surface area contributed by atoms with Gasteiger partial charge < -0.3 is 5.73 Å². The quantitative estimate of drug-likeness (QED) is 0.825. The normalized spacial score (nSPS) is 18.7. The molecule has 1 aliphatic carbocycles. The van der Waals surface area contributed by atoms with Crippen LogP contribution in [-0.2, 0) is 0 Å². The third-order valence-corrected chi connectivity index (χ3v) is 4.02. The van der Waals surface area contributed by atoms with Gasteiger partial charge in [-0.25, -0.2) is 4.98 Å². The summed E-state index contributed by atoms with van der Waals surface area (Å²) < 4.78 is 0. The predicted octanol–water partition coefficient (Wildman–Crippen LogP) is 3.84. The summed E-state index contributed by atoms with van der Waals surface area (Å²) in [5.41, 5.74) is 6.85. The van der Waals surface area contributed by atoms with E-state index in [1.165, 1.54) is 12.6 Å². The Morgan fingerprint density at radius 2 is 2.00 bits per heavy atom. The fourth-order valence-electron chi connectivity index (χ4n) is 1.80. The van der Waals surface area contributed by atoms with Crippen LogP contribution in [0.15, 0.2) is 6.20 Å². The molecule has 2 N–H and O–H groups in total. The molecule has 82 valence electrons. The van der Waals surface area contributed by atoms with Crippen LogP contribution in [0.3, 0.4) is 0 Å². The van der Waals surface area contributed by atoms with Crippen LogP contribution < -0.4 is 5.73 Å². The molecule has 1 aromatic rings. The maximum atomic E-state index is 6.12. The monoisotopic (exact) mass is 264 g/mol. The molecule has 0 unspecified atom stereocenters. The second kappa shape index (κ2) is 4.46. The molecule has 1 aliphatic rings. The highest BCUT2D eigenvalue weighted by Gasteiger charge is 2.29. The lowest BCUT2D eigenvalue weighted by atomic mass is 9.78. The summed E-state index contributed by atoms with van der Waals surface area (Å²) in [6.07, 6.45) is 5.00. The molecule has 0 spiro atoms. The zero-order valence-electron chi connectivity index (χ0n) is 8.01. The van der Waals surface area contributed by atoms with Crippen molar-refractivity contribution >= 4 is 34.8 Å². The zero-order valence-corrected chi connectivity index (χ0v) is 10.3. The first-order valence-electron chi connectivity index (χ1n) is 4.86. The van der Waals surface area contributed by atoms with Crippen molar-refractivity contribution in [2.45, 2.75) is 25.3 Å². The molecule has 0 amide bonds. The first-order valence-corrected chi connectivity index (χ1v) is 5.99. The zero-order chi connectivity index (χ0) is 11.0. The predicted molar refractivity (Wildman–Crippen MR) is 63.5 cm³/mol. The van der Waals surface area contributed by atoms with Crippen LogP contribution in [-0.4, -0.2) is 4.98 Å². The van der Waals surface area contributed by atoms with Crippen LogP contribution >= 0.6 is 34.8 Å². The van der Waals surface area contributed by atoms with Gasteiger partial charge in [-0.3, -0.25) is 0 Å². The van der Waals surface area contributed by atoms with Crippen LogP contribution in [0.25, 0.3) is 0 Å². The van der Waals surface area contributed by atoms with Crippen LogP contribution in [0.2, 0.25) is 15.2 Å². The Balaban J connectivity index is 2.36. The Labute approximate surface area is 104 Å². The molecule has 1 fully saturated rings. The van der Waals surface area contributed by atoms with E-state index >= 15 is 0 Å². The van der Waals surface area contributed by atoms with E-state index in [9.17, 15) is 0 Å². The first-order chi connectivity index (χ1) is 7.11. The van der Waals surface area contributed by atoms with Gasteiger partial charge in [-0.15, -0.1) is 0 Å². The molecular formula is C10H11Cl3N2. The molecule has 0 bridgehead atoms. The molecule has 0 aromatic carbocycles. The Bertz CT molecular complexity index is 377. The molecule has 1 saturated carbocycles. The van der Waals surface area contributed by atoms with E-state index in [0.717, 1.165) is 18.4 Å². The van der Waals surface area contributed by atoms with Gasteiger partial charge >= 0.3 is 0 Å². The molecular weight excluding hydrogens is 254 g/mol. The third kappa shape index (κ3) is 2.09. The van der Waals surface area contributed by atoms with Crippen molar-refractivity contribution in [1.82, 2.24) is 4.98 Å². The molecule has 1 heterocycles. The Kier molecular flexibility index (Phi) is 3.41. The first kappa shape index (κ1) is 11.5. The summed E-state index contributed by atoms with van der Waals surface area (Å²) in [6, 6.07) is -0.126. The SMILES string of the molecule is N[C@H](c1c(Cl)cnc(Cl)c1Cl)C1CCC1. The van der Waals surface area contributed by atoms with Crippen molar-refractivity contribution in [3.05, 3.63) is 27.0 Å². The van der Waals surface area contributed by atoms with E-state index in [4.69, 9.17) is 40.5 Å². The average molecular weight is 266 g/mol. The summed E-state index contributed by atoms with van der Waals surface area (Å²) in [6.45, 7) is 0. The Morgan fingerprint density at radius 1 is 1.33 bits per heavy atom. The van der Waals surface area contributed by atoms with Crippen molar-refractivity contribution in [3.8, 4) is 0 Å². The van der Waals surface area contributed by atoms with Gasteiger partial charge in [-0.05, 0) is 18.8 Å². The summed E-state index contributed by atoms with van der Waals surface area (Å²) >= 11 is 17.9. The van der Waals surface area contributed by atoms with Gasteiger partial charge in [0.25, 0.3) is 0 Å². The smallest absolute Gasteiger partial charge is 0.148 e. The largest absolute Gasteiger partial charge is 0.324 e. The van der Waals surface area contributed by atoms with Gasteiger partial charge in [0.15, 0.2) is 0 Å².